The fraction of sp³-hybridized carbons (Fsp3) is 0.111. The van der Waals surface area contributed by atoms with E-state index in [1.54, 1.807) is 0 Å². The topological polar surface area (TPSA) is 9.86 Å². The summed E-state index contributed by atoms with van der Waals surface area (Å²) in [5.74, 6) is 0. The van der Waals surface area contributed by atoms with Gasteiger partial charge in [0, 0.05) is 43.5 Å². The van der Waals surface area contributed by atoms with Crippen LogP contribution in [0.2, 0.25) is 0 Å². The third kappa shape index (κ3) is 3.91. The Hall–Kier alpha value is -6.64. The van der Waals surface area contributed by atoms with Crippen LogP contribution in [0.5, 0.6) is 0 Å². The number of para-hydroxylation sites is 4. The summed E-state index contributed by atoms with van der Waals surface area (Å²) in [4.78, 5) is 0. The van der Waals surface area contributed by atoms with Crippen LogP contribution in [0.4, 0.5) is 0 Å². The van der Waals surface area contributed by atoms with Gasteiger partial charge in [0.15, 0.2) is 0 Å². The number of rotatable bonds is 3. The second kappa shape index (κ2) is 11.0. The number of fused-ring (bicyclic) bond motifs is 14. The van der Waals surface area contributed by atoms with Crippen LogP contribution in [0.3, 0.4) is 0 Å². The largest absolute Gasteiger partial charge is 0.309 e. The maximum absolute atomic E-state index is 2.52. The van der Waals surface area contributed by atoms with Gasteiger partial charge in [-0.2, -0.15) is 0 Å². The van der Waals surface area contributed by atoms with E-state index in [-0.39, 0.29) is 10.8 Å². The van der Waals surface area contributed by atoms with E-state index >= 15 is 0 Å². The van der Waals surface area contributed by atoms with Crippen LogP contribution in [0, 0.1) is 0 Å². The Morgan fingerprint density at radius 1 is 0.304 bits per heavy atom. The molecule has 0 atom stereocenters. The van der Waals surface area contributed by atoms with Gasteiger partial charge in [-0.15, -0.1) is 0 Å². The van der Waals surface area contributed by atoms with Crippen LogP contribution < -0.4 is 0 Å². The van der Waals surface area contributed by atoms with Gasteiger partial charge in [-0.25, -0.2) is 0 Å². The average Bonchev–Trinajstić information content (AvgIpc) is 3.90. The van der Waals surface area contributed by atoms with Gasteiger partial charge in [0.05, 0.1) is 33.4 Å². The fourth-order valence-corrected chi connectivity index (χ4v) is 10.8. The Bertz CT molecular complexity index is 3090. The molecule has 0 N–H and O–H groups in total. The molecule has 0 amide bonds. The molecule has 0 saturated carbocycles. The quantitative estimate of drug-likeness (QED) is 0.172. The molecule has 0 saturated heterocycles. The molecule has 0 spiro atoms. The van der Waals surface area contributed by atoms with Crippen LogP contribution >= 0.6 is 0 Å². The van der Waals surface area contributed by atoms with E-state index in [0.717, 1.165) is 0 Å². The zero-order chi connectivity index (χ0) is 37.5. The number of hydrogen-bond donors (Lipinski definition) is 0. The fourth-order valence-electron chi connectivity index (χ4n) is 10.8. The van der Waals surface area contributed by atoms with Crippen LogP contribution in [0.1, 0.15) is 49.9 Å². The van der Waals surface area contributed by atoms with E-state index in [1.165, 1.54) is 111 Å². The van der Waals surface area contributed by atoms with Crippen molar-refractivity contribution in [3.05, 3.63) is 192 Å². The van der Waals surface area contributed by atoms with Gasteiger partial charge >= 0.3 is 0 Å². The highest BCUT2D eigenvalue weighted by atomic mass is 15.0. The summed E-state index contributed by atoms with van der Waals surface area (Å²) in [6.45, 7) is 9.49. The number of nitrogens with zero attached hydrogens (tertiary/aromatic N) is 2. The third-order valence-electron chi connectivity index (χ3n) is 13.3. The minimum Gasteiger partial charge on any atom is -0.309 e. The lowest BCUT2D eigenvalue weighted by molar-refractivity contribution is 0.660. The van der Waals surface area contributed by atoms with Crippen molar-refractivity contribution in [1.29, 1.82) is 0 Å². The molecule has 0 bridgehead atoms. The van der Waals surface area contributed by atoms with Gasteiger partial charge in [-0.05, 0) is 80.9 Å². The Labute approximate surface area is 326 Å². The van der Waals surface area contributed by atoms with Gasteiger partial charge in [0.2, 0.25) is 0 Å². The highest BCUT2D eigenvalue weighted by molar-refractivity contribution is 6.19. The van der Waals surface area contributed by atoms with Gasteiger partial charge in [0.25, 0.3) is 0 Å². The van der Waals surface area contributed by atoms with Crippen molar-refractivity contribution in [2.24, 2.45) is 0 Å². The summed E-state index contributed by atoms with van der Waals surface area (Å²) in [6, 6.07) is 63.5. The lowest BCUT2D eigenvalue weighted by Crippen LogP contribution is -2.14. The Morgan fingerprint density at radius 3 is 1.11 bits per heavy atom. The smallest absolute Gasteiger partial charge is 0.0547 e. The Morgan fingerprint density at radius 2 is 0.661 bits per heavy atom. The van der Waals surface area contributed by atoms with Crippen molar-refractivity contribution < 1.29 is 0 Å². The first-order chi connectivity index (χ1) is 27.4. The lowest BCUT2D eigenvalue weighted by atomic mass is 9.82. The van der Waals surface area contributed by atoms with Crippen LogP contribution in [-0.4, -0.2) is 9.13 Å². The molecule has 10 aromatic rings. The molecule has 2 aliphatic carbocycles. The standard InChI is InChI=1S/C54H40N2/c1-53(2)39-23-11-5-19-35(39)49-41(53)29-31-47-51(49)37-21-9-15-27-45(37)55(47)43-25-13-7-17-33(43)34-18-8-14-26-44(34)56-46-28-16-10-22-38(46)52-48(56)32-30-42-50(52)36-20-6-12-24-40(36)54(42,3)4/h5-32H,1-4H3. The monoisotopic (exact) mass is 716 g/mol. The number of aromatic nitrogens is 2. The van der Waals surface area contributed by atoms with E-state index in [1.807, 2.05) is 0 Å². The average molecular weight is 717 g/mol. The molecule has 0 radical (unpaired) electrons. The summed E-state index contributed by atoms with van der Waals surface area (Å²) in [5.41, 5.74) is 20.6. The minimum atomic E-state index is -0.0690. The first-order valence-corrected chi connectivity index (χ1v) is 19.9. The van der Waals surface area contributed by atoms with Gasteiger partial charge in [-0.3, -0.25) is 0 Å². The number of hydrogen-bond acceptors (Lipinski definition) is 0. The van der Waals surface area contributed by atoms with Gasteiger partial charge < -0.3 is 9.13 Å². The molecule has 8 aromatic carbocycles. The molecular formula is C54H40N2. The zero-order valence-electron chi connectivity index (χ0n) is 32.1. The molecule has 0 aliphatic heterocycles. The maximum atomic E-state index is 2.52. The van der Waals surface area contributed by atoms with Crippen molar-refractivity contribution in [3.63, 3.8) is 0 Å². The van der Waals surface area contributed by atoms with Crippen LogP contribution in [-0.2, 0) is 10.8 Å². The molecule has 56 heavy (non-hydrogen) atoms. The molecule has 2 nitrogen and oxygen atoms in total. The predicted octanol–water partition coefficient (Wildman–Crippen LogP) is 14.2. The molecule has 0 fully saturated rings. The molecule has 2 aromatic heterocycles. The van der Waals surface area contributed by atoms with Crippen LogP contribution in [0.25, 0.3) is 88.4 Å². The van der Waals surface area contributed by atoms with E-state index in [0.29, 0.717) is 0 Å². The first-order valence-electron chi connectivity index (χ1n) is 19.9. The molecule has 2 heteroatoms. The molecule has 12 rings (SSSR count). The molecule has 0 unspecified atom stereocenters. The van der Waals surface area contributed by atoms with E-state index < -0.39 is 0 Å². The van der Waals surface area contributed by atoms with Gasteiger partial charge in [0.1, 0.15) is 0 Å². The van der Waals surface area contributed by atoms with Crippen molar-refractivity contribution in [1.82, 2.24) is 9.13 Å². The first kappa shape index (κ1) is 31.7. The minimum absolute atomic E-state index is 0.0690. The molecular weight excluding hydrogens is 677 g/mol. The SMILES string of the molecule is CC1(C)c2ccccc2-c2c1ccc1c2c2ccccc2n1-c1ccccc1-c1ccccc1-n1c2ccccc2c2c3c(ccc21)C(C)(C)c1ccccc1-3. The van der Waals surface area contributed by atoms with Crippen molar-refractivity contribution in [2.75, 3.05) is 0 Å². The normalized spacial score (nSPS) is 14.7. The molecule has 2 aliphatic rings. The summed E-state index contributed by atoms with van der Waals surface area (Å²) >= 11 is 0. The van der Waals surface area contributed by atoms with E-state index in [9.17, 15) is 0 Å². The highest BCUT2D eigenvalue weighted by Gasteiger charge is 2.39. The Balaban J connectivity index is 1.15. The Kier molecular flexibility index (Phi) is 6.22. The molecule has 266 valence electrons. The van der Waals surface area contributed by atoms with Crippen molar-refractivity contribution >= 4 is 43.6 Å². The van der Waals surface area contributed by atoms with Crippen molar-refractivity contribution in [2.45, 2.75) is 38.5 Å². The zero-order valence-corrected chi connectivity index (χ0v) is 32.1. The lowest BCUT2D eigenvalue weighted by Gasteiger charge is -2.22. The maximum Gasteiger partial charge on any atom is 0.0547 e. The number of benzene rings is 8. The predicted molar refractivity (Wildman–Crippen MR) is 236 cm³/mol. The summed E-state index contributed by atoms with van der Waals surface area (Å²) in [6.07, 6.45) is 0. The van der Waals surface area contributed by atoms with Crippen molar-refractivity contribution in [3.8, 4) is 44.8 Å². The second-order valence-electron chi connectivity index (χ2n) is 16.8. The van der Waals surface area contributed by atoms with E-state index in [4.69, 9.17) is 0 Å². The van der Waals surface area contributed by atoms with E-state index in [2.05, 4.69) is 207 Å². The molecule has 2 heterocycles. The summed E-state index contributed by atoms with van der Waals surface area (Å²) in [7, 11) is 0. The second-order valence-corrected chi connectivity index (χ2v) is 16.8. The summed E-state index contributed by atoms with van der Waals surface area (Å²) in [5, 5.41) is 5.24. The highest BCUT2D eigenvalue weighted by Crippen LogP contribution is 2.55. The van der Waals surface area contributed by atoms with Gasteiger partial charge in [-0.1, -0.05) is 161 Å². The summed E-state index contributed by atoms with van der Waals surface area (Å²) < 4.78 is 5.03. The third-order valence-corrected chi connectivity index (χ3v) is 13.3. The van der Waals surface area contributed by atoms with Crippen LogP contribution in [0.15, 0.2) is 170 Å².